The number of carbonyl (C=O) groups is 3. The molecule has 0 rings (SSSR count). The molecular formula is C62H108O6. The van der Waals surface area contributed by atoms with Gasteiger partial charge in [0.2, 0.25) is 0 Å². The molecule has 1 unspecified atom stereocenters. The highest BCUT2D eigenvalue weighted by atomic mass is 16.6. The van der Waals surface area contributed by atoms with Crippen molar-refractivity contribution in [3.8, 4) is 0 Å². The largest absolute Gasteiger partial charge is 0.462 e. The molecule has 0 spiro atoms. The van der Waals surface area contributed by atoms with Crippen LogP contribution in [-0.4, -0.2) is 37.2 Å². The minimum atomic E-state index is -0.791. The zero-order valence-corrected chi connectivity index (χ0v) is 44.9. The van der Waals surface area contributed by atoms with E-state index in [1.165, 1.54) is 122 Å². The Morgan fingerprint density at radius 2 is 0.559 bits per heavy atom. The quantitative estimate of drug-likeness (QED) is 0.0262. The van der Waals surface area contributed by atoms with Gasteiger partial charge in [-0.25, -0.2) is 0 Å². The molecule has 6 nitrogen and oxygen atoms in total. The van der Waals surface area contributed by atoms with Gasteiger partial charge >= 0.3 is 17.9 Å². The molecule has 0 bridgehead atoms. The monoisotopic (exact) mass is 949 g/mol. The number of rotatable bonds is 52. The molecule has 0 aromatic heterocycles. The molecule has 6 heteroatoms. The van der Waals surface area contributed by atoms with E-state index in [9.17, 15) is 14.4 Å². The van der Waals surface area contributed by atoms with Crippen molar-refractivity contribution in [1.29, 1.82) is 0 Å². The lowest BCUT2D eigenvalue weighted by atomic mass is 10.1. The second-order valence-corrected chi connectivity index (χ2v) is 19.2. The van der Waals surface area contributed by atoms with E-state index in [1.807, 2.05) is 0 Å². The zero-order chi connectivity index (χ0) is 49.3. The van der Waals surface area contributed by atoms with Crippen LogP contribution in [0.25, 0.3) is 0 Å². The summed E-state index contributed by atoms with van der Waals surface area (Å²) in [4.78, 5) is 38.1. The Morgan fingerprint density at radius 1 is 0.294 bits per heavy atom. The molecule has 392 valence electrons. The Bertz CT molecular complexity index is 1270. The van der Waals surface area contributed by atoms with Crippen LogP contribution in [0.3, 0.4) is 0 Å². The summed E-state index contributed by atoms with van der Waals surface area (Å²) in [7, 11) is 0. The minimum absolute atomic E-state index is 0.0876. The molecular weight excluding hydrogens is 841 g/mol. The zero-order valence-electron chi connectivity index (χ0n) is 44.9. The topological polar surface area (TPSA) is 78.9 Å². The number of esters is 3. The first-order valence-corrected chi connectivity index (χ1v) is 28.9. The van der Waals surface area contributed by atoms with Gasteiger partial charge in [0.1, 0.15) is 13.2 Å². The van der Waals surface area contributed by atoms with Gasteiger partial charge in [0.25, 0.3) is 0 Å². The van der Waals surface area contributed by atoms with Gasteiger partial charge in [0.15, 0.2) is 6.10 Å². The summed E-state index contributed by atoms with van der Waals surface area (Å²) in [6, 6.07) is 0. The number of hydrogen-bond donors (Lipinski definition) is 0. The predicted molar refractivity (Wildman–Crippen MR) is 293 cm³/mol. The smallest absolute Gasteiger partial charge is 0.306 e. The van der Waals surface area contributed by atoms with Crippen LogP contribution in [0.2, 0.25) is 0 Å². The number of hydrogen-bond acceptors (Lipinski definition) is 6. The van der Waals surface area contributed by atoms with Crippen LogP contribution in [-0.2, 0) is 28.6 Å². The van der Waals surface area contributed by atoms with E-state index in [-0.39, 0.29) is 31.1 Å². The summed E-state index contributed by atoms with van der Waals surface area (Å²) >= 11 is 0. The van der Waals surface area contributed by atoms with E-state index < -0.39 is 6.10 Å². The molecule has 0 heterocycles. The Morgan fingerprint density at radius 3 is 0.882 bits per heavy atom. The molecule has 0 aromatic rings. The highest BCUT2D eigenvalue weighted by molar-refractivity contribution is 5.71. The first-order chi connectivity index (χ1) is 33.5. The van der Waals surface area contributed by atoms with Crippen molar-refractivity contribution in [2.45, 2.75) is 290 Å². The maximum Gasteiger partial charge on any atom is 0.306 e. The lowest BCUT2D eigenvalue weighted by Crippen LogP contribution is -2.30. The summed E-state index contributed by atoms with van der Waals surface area (Å²) in [5.74, 6) is -0.913. The Hall–Kier alpha value is -3.15. The van der Waals surface area contributed by atoms with Gasteiger partial charge in [-0.05, 0) is 109 Å². The molecule has 0 fully saturated rings. The van der Waals surface area contributed by atoms with Gasteiger partial charge in [-0.1, -0.05) is 229 Å². The third-order valence-corrected chi connectivity index (χ3v) is 12.4. The van der Waals surface area contributed by atoms with E-state index >= 15 is 0 Å². The summed E-state index contributed by atoms with van der Waals surface area (Å²) in [5.41, 5.74) is 0. The standard InChI is InChI=1S/C62H108O6/c1-4-7-10-13-16-19-22-25-27-29-30-31-32-33-35-37-40-43-46-49-52-55-61(64)67-58-59(57-66-60(63)54-51-48-45-42-39-36-24-21-18-15-12-9-6-3)68-62(65)56-53-50-47-44-41-38-34-28-26-23-20-17-14-11-8-5-2/h12,15,20-25,28-30,34,59H,4-11,13-14,16-19,26-27,31-33,35-58H2,1-3H3/b15-12-,23-20-,24-21-,25-22-,30-29-,34-28-. The number of unbranched alkanes of at least 4 members (excludes halogenated alkanes) is 29. The summed E-state index contributed by atoms with van der Waals surface area (Å²) in [5, 5.41) is 0. The molecule has 1 atom stereocenters. The van der Waals surface area contributed by atoms with Crippen molar-refractivity contribution < 1.29 is 28.6 Å². The SMILES string of the molecule is CCC/C=C\C/C=C\CCCCCCCC(=O)OCC(COC(=O)CCCCCCCCCCC/C=C\C/C=C\CCCCCCC)OC(=O)CCCCCCC/C=C\C/C=C\CCCCCC. The van der Waals surface area contributed by atoms with E-state index in [4.69, 9.17) is 14.2 Å². The van der Waals surface area contributed by atoms with Crippen molar-refractivity contribution in [2.24, 2.45) is 0 Å². The van der Waals surface area contributed by atoms with Crippen molar-refractivity contribution in [2.75, 3.05) is 13.2 Å². The van der Waals surface area contributed by atoms with Crippen LogP contribution >= 0.6 is 0 Å². The van der Waals surface area contributed by atoms with Gasteiger partial charge in [0.05, 0.1) is 0 Å². The molecule has 0 saturated carbocycles. The van der Waals surface area contributed by atoms with Crippen LogP contribution in [0.5, 0.6) is 0 Å². The fourth-order valence-corrected chi connectivity index (χ4v) is 8.01. The molecule has 0 N–H and O–H groups in total. The van der Waals surface area contributed by atoms with Gasteiger partial charge in [-0.15, -0.1) is 0 Å². The molecule has 0 amide bonds. The summed E-state index contributed by atoms with van der Waals surface area (Å²) in [6.07, 6.45) is 71.7. The molecule has 0 aromatic carbocycles. The van der Waals surface area contributed by atoms with Crippen LogP contribution in [0.4, 0.5) is 0 Å². The van der Waals surface area contributed by atoms with Crippen molar-refractivity contribution >= 4 is 17.9 Å². The second-order valence-electron chi connectivity index (χ2n) is 19.2. The second kappa shape index (κ2) is 56.4. The highest BCUT2D eigenvalue weighted by Crippen LogP contribution is 2.15. The maximum atomic E-state index is 12.8. The Balaban J connectivity index is 4.38. The molecule has 0 radical (unpaired) electrons. The average molecular weight is 950 g/mol. The number of ether oxygens (including phenoxy) is 3. The van der Waals surface area contributed by atoms with E-state index in [1.54, 1.807) is 0 Å². The fraction of sp³-hybridized carbons (Fsp3) is 0.758. The van der Waals surface area contributed by atoms with E-state index in [2.05, 4.69) is 93.7 Å². The molecule has 0 aliphatic rings. The Labute approximate surface area is 421 Å². The van der Waals surface area contributed by atoms with Crippen LogP contribution in [0.1, 0.15) is 284 Å². The van der Waals surface area contributed by atoms with Gasteiger partial charge in [-0.3, -0.25) is 14.4 Å². The lowest BCUT2D eigenvalue weighted by Gasteiger charge is -2.18. The normalized spacial score (nSPS) is 12.6. The maximum absolute atomic E-state index is 12.8. The highest BCUT2D eigenvalue weighted by Gasteiger charge is 2.19. The van der Waals surface area contributed by atoms with E-state index in [0.717, 1.165) is 122 Å². The minimum Gasteiger partial charge on any atom is -0.462 e. The van der Waals surface area contributed by atoms with Crippen molar-refractivity contribution in [1.82, 2.24) is 0 Å². The van der Waals surface area contributed by atoms with Crippen molar-refractivity contribution in [3.63, 3.8) is 0 Å². The molecule has 0 aliphatic heterocycles. The van der Waals surface area contributed by atoms with Crippen LogP contribution < -0.4 is 0 Å². The number of carbonyl (C=O) groups excluding carboxylic acids is 3. The third-order valence-electron chi connectivity index (χ3n) is 12.4. The van der Waals surface area contributed by atoms with Crippen LogP contribution in [0.15, 0.2) is 72.9 Å². The third kappa shape index (κ3) is 53.8. The predicted octanol–water partition coefficient (Wildman–Crippen LogP) is 19.4. The molecule has 0 saturated heterocycles. The first kappa shape index (κ1) is 64.8. The van der Waals surface area contributed by atoms with Crippen molar-refractivity contribution in [3.05, 3.63) is 72.9 Å². The number of allylic oxidation sites excluding steroid dienone is 12. The molecule has 68 heavy (non-hydrogen) atoms. The van der Waals surface area contributed by atoms with Crippen LogP contribution in [0, 0.1) is 0 Å². The van der Waals surface area contributed by atoms with Gasteiger partial charge in [0, 0.05) is 19.3 Å². The fourth-order valence-electron chi connectivity index (χ4n) is 8.01. The molecule has 0 aliphatic carbocycles. The summed E-state index contributed by atoms with van der Waals surface area (Å²) in [6.45, 7) is 6.54. The Kier molecular flexibility index (Phi) is 53.8. The van der Waals surface area contributed by atoms with Gasteiger partial charge < -0.3 is 14.2 Å². The first-order valence-electron chi connectivity index (χ1n) is 28.9. The summed E-state index contributed by atoms with van der Waals surface area (Å²) < 4.78 is 16.8. The average Bonchev–Trinajstić information content (AvgIpc) is 3.34. The lowest BCUT2D eigenvalue weighted by molar-refractivity contribution is -0.167. The van der Waals surface area contributed by atoms with E-state index in [0.29, 0.717) is 19.3 Å². The van der Waals surface area contributed by atoms with Gasteiger partial charge in [-0.2, -0.15) is 0 Å².